The van der Waals surface area contributed by atoms with Gasteiger partial charge in [-0.25, -0.2) is 8.42 Å². The molecule has 182 valence electrons. The summed E-state index contributed by atoms with van der Waals surface area (Å²) in [4.78, 5) is 24.8. The monoisotopic (exact) mass is 494 g/mol. The van der Waals surface area contributed by atoms with Gasteiger partial charge in [0.15, 0.2) is 0 Å². The molecule has 4 rings (SSSR count). The Kier molecular flexibility index (Phi) is 7.07. The van der Waals surface area contributed by atoms with Crippen LogP contribution >= 0.6 is 0 Å². The minimum Gasteiger partial charge on any atom is -0.497 e. The molecule has 3 aromatic rings. The highest BCUT2D eigenvalue weighted by molar-refractivity contribution is 7.92. The van der Waals surface area contributed by atoms with Gasteiger partial charge < -0.3 is 14.8 Å². The molecule has 1 atom stereocenters. The molecule has 3 aromatic carbocycles. The van der Waals surface area contributed by atoms with Gasteiger partial charge in [-0.2, -0.15) is 0 Å². The number of methoxy groups -OCH3 is 1. The molecule has 1 amide bonds. The summed E-state index contributed by atoms with van der Waals surface area (Å²) in [5, 5.41) is 2.88. The van der Waals surface area contributed by atoms with Gasteiger partial charge >= 0.3 is 5.97 Å². The second kappa shape index (κ2) is 10.2. The molecule has 8 nitrogen and oxygen atoms in total. The number of esters is 1. The van der Waals surface area contributed by atoms with E-state index < -0.39 is 16.0 Å². The lowest BCUT2D eigenvalue weighted by Crippen LogP contribution is -2.30. The molecule has 1 unspecified atom stereocenters. The van der Waals surface area contributed by atoms with Crippen LogP contribution in [-0.2, 0) is 26.0 Å². The molecule has 0 bridgehead atoms. The summed E-state index contributed by atoms with van der Waals surface area (Å²) < 4.78 is 37.4. The van der Waals surface area contributed by atoms with Gasteiger partial charge in [0, 0.05) is 25.1 Å². The van der Waals surface area contributed by atoms with Crippen LogP contribution < -0.4 is 19.1 Å². The number of benzene rings is 3. The van der Waals surface area contributed by atoms with Gasteiger partial charge in [-0.3, -0.25) is 13.9 Å². The highest BCUT2D eigenvalue weighted by Gasteiger charge is 2.26. The number of nitrogens with zero attached hydrogens (tertiary/aromatic N) is 1. The molecule has 0 saturated heterocycles. The third kappa shape index (κ3) is 5.46. The molecule has 0 aromatic heterocycles. The zero-order valence-electron chi connectivity index (χ0n) is 19.4. The van der Waals surface area contributed by atoms with Gasteiger partial charge in [0.2, 0.25) is 5.91 Å². The summed E-state index contributed by atoms with van der Waals surface area (Å²) in [6, 6.07) is 19.9. The number of hydrogen-bond donors (Lipinski definition) is 1. The molecule has 1 aliphatic heterocycles. The SMILES string of the molecule is COc1ccc(S(=O)(=O)N(C)c2ccc(OC(=O)CCC3Cc4ccccc4NC3=O)cc2)cc1. The minimum absolute atomic E-state index is 0.0910. The van der Waals surface area contributed by atoms with Crippen molar-refractivity contribution >= 4 is 33.3 Å². The molecule has 9 heteroatoms. The maximum atomic E-state index is 12.9. The van der Waals surface area contributed by atoms with Gasteiger partial charge in [-0.15, -0.1) is 0 Å². The van der Waals surface area contributed by atoms with Crippen LogP contribution in [0.1, 0.15) is 18.4 Å². The first kappa shape index (κ1) is 24.3. The Morgan fingerprint density at radius 2 is 1.66 bits per heavy atom. The van der Waals surface area contributed by atoms with E-state index in [1.165, 1.54) is 38.4 Å². The van der Waals surface area contributed by atoms with E-state index in [0.717, 1.165) is 15.6 Å². The fraction of sp³-hybridized carbons (Fsp3) is 0.231. The Balaban J connectivity index is 1.34. The summed E-state index contributed by atoms with van der Waals surface area (Å²) in [5.41, 5.74) is 2.28. The number of fused-ring (bicyclic) bond motifs is 1. The third-order valence-corrected chi connectivity index (χ3v) is 7.76. The highest BCUT2D eigenvalue weighted by atomic mass is 32.2. The summed E-state index contributed by atoms with van der Waals surface area (Å²) >= 11 is 0. The first-order valence-electron chi connectivity index (χ1n) is 11.1. The van der Waals surface area contributed by atoms with Gasteiger partial charge in [0.05, 0.1) is 17.7 Å². The highest BCUT2D eigenvalue weighted by Crippen LogP contribution is 2.28. The molecule has 1 heterocycles. The minimum atomic E-state index is -3.77. The smallest absolute Gasteiger partial charge is 0.311 e. The number of rotatable bonds is 8. The first-order valence-corrected chi connectivity index (χ1v) is 12.5. The van der Waals surface area contributed by atoms with Crippen LogP contribution in [0.15, 0.2) is 77.7 Å². The lowest BCUT2D eigenvalue weighted by atomic mass is 9.90. The van der Waals surface area contributed by atoms with Gasteiger partial charge in [-0.1, -0.05) is 18.2 Å². The van der Waals surface area contributed by atoms with Crippen LogP contribution in [0, 0.1) is 5.92 Å². The lowest BCUT2D eigenvalue weighted by molar-refractivity contribution is -0.134. The zero-order chi connectivity index (χ0) is 25.0. The van der Waals surface area contributed by atoms with Gasteiger partial charge in [0.1, 0.15) is 11.5 Å². The zero-order valence-corrected chi connectivity index (χ0v) is 20.2. The number of ether oxygens (including phenoxy) is 2. The number of amides is 1. The first-order chi connectivity index (χ1) is 16.8. The van der Waals surface area contributed by atoms with E-state index in [0.29, 0.717) is 30.0 Å². The van der Waals surface area contributed by atoms with Crippen molar-refractivity contribution in [3.05, 3.63) is 78.4 Å². The molecular weight excluding hydrogens is 468 g/mol. The van der Waals surface area contributed by atoms with E-state index in [1.807, 2.05) is 24.3 Å². The van der Waals surface area contributed by atoms with Crippen molar-refractivity contribution in [2.75, 3.05) is 23.8 Å². The summed E-state index contributed by atoms with van der Waals surface area (Å²) in [6.07, 6.45) is 1.05. The van der Waals surface area contributed by atoms with E-state index in [-0.39, 0.29) is 23.1 Å². The molecule has 0 spiro atoms. The summed E-state index contributed by atoms with van der Waals surface area (Å²) in [7, 11) is -0.806. The Morgan fingerprint density at radius 1 is 1.00 bits per heavy atom. The van der Waals surface area contributed by atoms with Crippen LogP contribution in [0.5, 0.6) is 11.5 Å². The van der Waals surface area contributed by atoms with Crippen LogP contribution in [-0.4, -0.2) is 34.5 Å². The molecule has 0 fully saturated rings. The number of para-hydroxylation sites is 1. The number of sulfonamides is 1. The Morgan fingerprint density at radius 3 is 2.34 bits per heavy atom. The molecule has 1 aliphatic rings. The predicted molar refractivity (Wildman–Crippen MR) is 132 cm³/mol. The standard InChI is InChI=1S/C26H26N2O6S/c1-28(35(31,32)23-14-12-21(33-2)13-15-23)20-8-10-22(11-9-20)34-25(29)16-7-19-17-18-5-3-4-6-24(18)27-26(19)30/h3-6,8-15,19H,7,16-17H2,1-2H3,(H,27,30). The van der Waals surface area contributed by atoms with Crippen molar-refractivity contribution < 1.29 is 27.5 Å². The Bertz CT molecular complexity index is 1320. The maximum absolute atomic E-state index is 12.9. The molecule has 1 N–H and O–H groups in total. The molecule has 0 radical (unpaired) electrons. The fourth-order valence-electron chi connectivity index (χ4n) is 3.89. The van der Waals surface area contributed by atoms with Gasteiger partial charge in [-0.05, 0) is 73.0 Å². The van der Waals surface area contributed by atoms with Crippen LogP contribution in [0.25, 0.3) is 0 Å². The molecule has 35 heavy (non-hydrogen) atoms. The van der Waals surface area contributed by atoms with E-state index in [1.54, 1.807) is 24.3 Å². The number of carbonyl (C=O) groups is 2. The van der Waals surface area contributed by atoms with Crippen molar-refractivity contribution in [2.45, 2.75) is 24.2 Å². The quantitative estimate of drug-likeness (QED) is 0.375. The average Bonchev–Trinajstić information content (AvgIpc) is 2.87. The predicted octanol–water partition coefficient (Wildman–Crippen LogP) is 4.02. The average molecular weight is 495 g/mol. The molecular formula is C26H26N2O6S. The third-order valence-electron chi connectivity index (χ3n) is 5.96. The van der Waals surface area contributed by atoms with Crippen molar-refractivity contribution in [3.8, 4) is 11.5 Å². The largest absolute Gasteiger partial charge is 0.497 e. The Hall–Kier alpha value is -3.85. The van der Waals surface area contributed by atoms with Crippen molar-refractivity contribution in [1.29, 1.82) is 0 Å². The van der Waals surface area contributed by atoms with Gasteiger partial charge in [0.25, 0.3) is 10.0 Å². The number of nitrogens with one attached hydrogen (secondary N) is 1. The van der Waals surface area contributed by atoms with E-state index in [2.05, 4.69) is 5.32 Å². The van der Waals surface area contributed by atoms with E-state index in [4.69, 9.17) is 9.47 Å². The molecule has 0 aliphatic carbocycles. The second-order valence-corrected chi connectivity index (χ2v) is 10.2. The van der Waals surface area contributed by atoms with Crippen molar-refractivity contribution in [2.24, 2.45) is 5.92 Å². The number of carbonyl (C=O) groups excluding carboxylic acids is 2. The van der Waals surface area contributed by atoms with Crippen LogP contribution in [0.2, 0.25) is 0 Å². The maximum Gasteiger partial charge on any atom is 0.311 e. The van der Waals surface area contributed by atoms with Crippen LogP contribution in [0.4, 0.5) is 11.4 Å². The fourth-order valence-corrected chi connectivity index (χ4v) is 5.09. The normalized spacial score (nSPS) is 15.0. The van der Waals surface area contributed by atoms with Crippen molar-refractivity contribution in [3.63, 3.8) is 0 Å². The van der Waals surface area contributed by atoms with E-state index >= 15 is 0 Å². The van der Waals surface area contributed by atoms with Crippen LogP contribution in [0.3, 0.4) is 0 Å². The topological polar surface area (TPSA) is 102 Å². The lowest BCUT2D eigenvalue weighted by Gasteiger charge is -2.24. The summed E-state index contributed by atoms with van der Waals surface area (Å²) in [6.45, 7) is 0. The second-order valence-electron chi connectivity index (χ2n) is 8.20. The van der Waals surface area contributed by atoms with Crippen molar-refractivity contribution in [1.82, 2.24) is 0 Å². The molecule has 0 saturated carbocycles. The number of anilines is 2. The number of hydrogen-bond acceptors (Lipinski definition) is 6. The van der Waals surface area contributed by atoms with E-state index in [9.17, 15) is 18.0 Å². The summed E-state index contributed by atoms with van der Waals surface area (Å²) in [5.74, 6) is 0.0151. The Labute approximate surface area is 204 Å².